The van der Waals surface area contributed by atoms with E-state index in [0.29, 0.717) is 18.1 Å². The number of ether oxygens (including phenoxy) is 3. The van der Waals surface area contributed by atoms with Gasteiger partial charge in [0.1, 0.15) is 28.8 Å². The first-order valence-electron chi connectivity index (χ1n) is 8.68. The number of carbonyl (C=O) groups excluding carboxylic acids is 1. The Hall–Kier alpha value is -2.41. The summed E-state index contributed by atoms with van der Waals surface area (Å²) in [5, 5.41) is -0.144. The fourth-order valence-corrected chi connectivity index (χ4v) is 3.86. The van der Waals surface area contributed by atoms with Gasteiger partial charge < -0.3 is 14.2 Å². The topological polar surface area (TPSA) is 44.8 Å². The van der Waals surface area contributed by atoms with Crippen LogP contribution in [0.4, 0.5) is 13.2 Å². The Morgan fingerprint density at radius 1 is 1.25 bits per heavy atom. The lowest BCUT2D eigenvalue weighted by atomic mass is 10.00. The normalized spacial score (nSPS) is 24.8. The first-order chi connectivity index (χ1) is 13.2. The van der Waals surface area contributed by atoms with Crippen molar-refractivity contribution in [1.82, 2.24) is 0 Å². The highest BCUT2D eigenvalue weighted by Gasteiger charge is 2.73. The van der Waals surface area contributed by atoms with Crippen LogP contribution in [0, 0.1) is 5.41 Å². The average molecular weight is 413 g/mol. The molecule has 0 radical (unpaired) electrons. The highest BCUT2D eigenvalue weighted by molar-refractivity contribution is 6.32. The van der Waals surface area contributed by atoms with Crippen LogP contribution in [-0.4, -0.2) is 18.7 Å². The summed E-state index contributed by atoms with van der Waals surface area (Å²) in [6.45, 7) is 3.88. The van der Waals surface area contributed by atoms with Crippen LogP contribution in [0.1, 0.15) is 30.9 Å². The lowest BCUT2D eigenvalue weighted by molar-refractivity contribution is -0.150. The van der Waals surface area contributed by atoms with Gasteiger partial charge in [-0.15, -0.1) is 0 Å². The summed E-state index contributed by atoms with van der Waals surface area (Å²) in [5.41, 5.74) is -0.658. The van der Waals surface area contributed by atoms with Crippen LogP contribution < -0.4 is 9.47 Å². The number of esters is 1. The first-order valence-corrected chi connectivity index (χ1v) is 9.06. The monoisotopic (exact) mass is 412 g/mol. The number of halogens is 4. The van der Waals surface area contributed by atoms with Gasteiger partial charge in [0.15, 0.2) is 0 Å². The third kappa shape index (κ3) is 2.89. The zero-order valence-corrected chi connectivity index (χ0v) is 15.7. The Labute approximate surface area is 164 Å². The molecular formula is C20H16ClF3O4. The van der Waals surface area contributed by atoms with Crippen LogP contribution in [0.3, 0.4) is 0 Å². The smallest absolute Gasteiger partial charge is 0.416 e. The summed E-state index contributed by atoms with van der Waals surface area (Å²) in [4.78, 5) is 12.2. The number of benzene rings is 2. The van der Waals surface area contributed by atoms with Gasteiger partial charge >= 0.3 is 12.1 Å². The Morgan fingerprint density at radius 2 is 2.00 bits per heavy atom. The molecule has 0 amide bonds. The maximum atomic E-state index is 12.7. The van der Waals surface area contributed by atoms with Gasteiger partial charge in [0.05, 0.1) is 17.2 Å². The molecule has 2 aromatic carbocycles. The van der Waals surface area contributed by atoms with Crippen molar-refractivity contribution in [3.8, 4) is 17.2 Å². The molecule has 1 heterocycles. The van der Waals surface area contributed by atoms with Crippen molar-refractivity contribution in [2.45, 2.75) is 32.0 Å². The first kappa shape index (κ1) is 18.9. The van der Waals surface area contributed by atoms with Crippen molar-refractivity contribution in [2.75, 3.05) is 6.61 Å². The van der Waals surface area contributed by atoms with E-state index >= 15 is 0 Å². The molecule has 0 bridgehead atoms. The van der Waals surface area contributed by atoms with Gasteiger partial charge in [0, 0.05) is 17.5 Å². The SMILES string of the molecule is CCOC(=O)[C@]1(C)[C@@H]2Oc3cc(Oc4ccc(C(F)(F)F)cc4Cl)ccc3[C@@H]21. The molecule has 3 atom stereocenters. The van der Waals surface area contributed by atoms with E-state index in [-0.39, 0.29) is 28.8 Å². The second-order valence-electron chi connectivity index (χ2n) is 6.96. The van der Waals surface area contributed by atoms with Crippen molar-refractivity contribution >= 4 is 17.6 Å². The molecule has 4 rings (SSSR count). The summed E-state index contributed by atoms with van der Waals surface area (Å²) in [5.74, 6) is 0.698. The highest BCUT2D eigenvalue weighted by Crippen LogP contribution is 2.67. The largest absolute Gasteiger partial charge is 0.488 e. The van der Waals surface area contributed by atoms with E-state index in [4.69, 9.17) is 25.8 Å². The molecule has 1 fully saturated rings. The van der Waals surface area contributed by atoms with E-state index in [1.807, 2.05) is 6.92 Å². The number of hydrogen-bond acceptors (Lipinski definition) is 4. The Balaban J connectivity index is 1.53. The molecule has 1 aliphatic carbocycles. The van der Waals surface area contributed by atoms with Crippen molar-refractivity contribution < 1.29 is 32.2 Å². The zero-order valence-electron chi connectivity index (χ0n) is 15.0. The summed E-state index contributed by atoms with van der Waals surface area (Å²) >= 11 is 5.93. The minimum atomic E-state index is -4.48. The Bertz CT molecular complexity index is 959. The van der Waals surface area contributed by atoms with E-state index in [2.05, 4.69) is 0 Å². The van der Waals surface area contributed by atoms with Crippen LogP contribution in [0.15, 0.2) is 36.4 Å². The molecule has 4 nitrogen and oxygen atoms in total. The number of rotatable bonds is 4. The van der Waals surface area contributed by atoms with Gasteiger partial charge in [-0.25, -0.2) is 0 Å². The zero-order chi connectivity index (χ0) is 20.3. The third-order valence-corrected chi connectivity index (χ3v) is 5.50. The fourth-order valence-electron chi connectivity index (χ4n) is 3.64. The summed E-state index contributed by atoms with van der Waals surface area (Å²) in [6.07, 6.45) is -4.76. The van der Waals surface area contributed by atoms with Gasteiger partial charge in [0.25, 0.3) is 0 Å². The van der Waals surface area contributed by atoms with E-state index in [1.165, 1.54) is 6.07 Å². The van der Waals surface area contributed by atoms with Crippen LogP contribution in [0.25, 0.3) is 0 Å². The molecule has 2 aliphatic rings. The minimum Gasteiger partial charge on any atom is -0.488 e. The van der Waals surface area contributed by atoms with Gasteiger partial charge in [-0.2, -0.15) is 13.2 Å². The fraction of sp³-hybridized carbons (Fsp3) is 0.350. The Morgan fingerprint density at radius 3 is 2.64 bits per heavy atom. The summed E-state index contributed by atoms with van der Waals surface area (Å²) < 4.78 is 54.8. The number of carbonyl (C=O) groups is 1. The van der Waals surface area contributed by atoms with Crippen molar-refractivity contribution in [2.24, 2.45) is 5.41 Å². The van der Waals surface area contributed by atoms with Crippen molar-refractivity contribution in [1.29, 1.82) is 0 Å². The maximum absolute atomic E-state index is 12.7. The molecule has 0 N–H and O–H groups in total. The van der Waals surface area contributed by atoms with Gasteiger partial charge in [-0.3, -0.25) is 4.79 Å². The summed E-state index contributed by atoms with van der Waals surface area (Å²) in [7, 11) is 0. The lowest BCUT2D eigenvalue weighted by Gasteiger charge is -2.16. The third-order valence-electron chi connectivity index (χ3n) is 5.21. The predicted molar refractivity (Wildman–Crippen MR) is 94.9 cm³/mol. The molecule has 148 valence electrons. The molecular weight excluding hydrogens is 397 g/mol. The van der Waals surface area contributed by atoms with E-state index < -0.39 is 17.2 Å². The van der Waals surface area contributed by atoms with Crippen LogP contribution in [-0.2, 0) is 15.7 Å². The second-order valence-corrected chi connectivity index (χ2v) is 7.37. The Kier molecular flexibility index (Phi) is 4.26. The molecule has 8 heteroatoms. The van der Waals surface area contributed by atoms with Crippen molar-refractivity contribution in [3.63, 3.8) is 0 Å². The second kappa shape index (κ2) is 6.30. The van der Waals surface area contributed by atoms with Crippen LogP contribution >= 0.6 is 11.6 Å². The quantitative estimate of drug-likeness (QED) is 0.615. The predicted octanol–water partition coefficient (Wildman–Crippen LogP) is 5.58. The van der Waals surface area contributed by atoms with Crippen molar-refractivity contribution in [3.05, 3.63) is 52.5 Å². The average Bonchev–Trinajstić information content (AvgIpc) is 3.03. The molecule has 28 heavy (non-hydrogen) atoms. The van der Waals surface area contributed by atoms with E-state index in [1.54, 1.807) is 25.1 Å². The number of fused-ring (bicyclic) bond motifs is 3. The highest BCUT2D eigenvalue weighted by atomic mass is 35.5. The molecule has 0 aromatic heterocycles. The van der Waals surface area contributed by atoms with Gasteiger partial charge in [-0.1, -0.05) is 17.7 Å². The van der Waals surface area contributed by atoms with E-state index in [0.717, 1.165) is 17.7 Å². The molecule has 1 saturated carbocycles. The maximum Gasteiger partial charge on any atom is 0.416 e. The molecule has 0 spiro atoms. The minimum absolute atomic E-state index is 0.0785. The number of hydrogen-bond donors (Lipinski definition) is 0. The van der Waals surface area contributed by atoms with E-state index in [9.17, 15) is 18.0 Å². The lowest BCUT2D eigenvalue weighted by Crippen LogP contribution is -2.23. The molecule has 2 aromatic rings. The standard InChI is InChI=1S/C20H16ClF3O4/c1-3-26-18(25)19(2)16-12-6-5-11(9-15(12)28-17(16)19)27-14-7-4-10(8-13(14)21)20(22,23)24/h4-9,16-17H,3H2,1-2H3/t16-,17+,19-/m0/s1. The van der Waals surface area contributed by atoms with Crippen LogP contribution in [0.5, 0.6) is 17.2 Å². The van der Waals surface area contributed by atoms with Gasteiger partial charge in [0.2, 0.25) is 0 Å². The van der Waals surface area contributed by atoms with Gasteiger partial charge in [-0.05, 0) is 38.1 Å². The molecule has 1 aliphatic heterocycles. The van der Waals surface area contributed by atoms with Crippen LogP contribution in [0.2, 0.25) is 5.02 Å². The number of alkyl halides is 3. The summed E-state index contributed by atoms with van der Waals surface area (Å²) in [6, 6.07) is 8.00. The molecule has 0 saturated heterocycles. The molecule has 0 unspecified atom stereocenters.